The largest absolute Gasteiger partial charge is 0.322 e. The van der Waals surface area contributed by atoms with E-state index >= 15 is 0 Å². The zero-order valence-electron chi connectivity index (χ0n) is 16.4. The van der Waals surface area contributed by atoms with E-state index in [0.717, 1.165) is 11.1 Å². The Morgan fingerprint density at radius 2 is 1.45 bits per heavy atom. The Labute approximate surface area is 168 Å². The maximum Gasteiger partial charge on any atom is 0.273 e. The fourth-order valence-electron chi connectivity index (χ4n) is 2.94. The Morgan fingerprint density at radius 3 is 2.14 bits per heavy atom. The average Bonchev–Trinajstić information content (AvgIpc) is 2.69. The van der Waals surface area contributed by atoms with Gasteiger partial charge >= 0.3 is 0 Å². The van der Waals surface area contributed by atoms with Crippen LogP contribution in [0.25, 0.3) is 0 Å². The van der Waals surface area contributed by atoms with Crippen molar-refractivity contribution in [1.82, 2.24) is 0 Å². The second-order valence-corrected chi connectivity index (χ2v) is 6.92. The molecule has 3 aromatic rings. The molecule has 0 aromatic heterocycles. The zero-order chi connectivity index (χ0) is 21.1. The van der Waals surface area contributed by atoms with Crippen molar-refractivity contribution in [1.29, 1.82) is 0 Å². The Kier molecular flexibility index (Phi) is 5.54. The van der Waals surface area contributed by atoms with Gasteiger partial charge < -0.3 is 5.32 Å². The first-order valence-corrected chi connectivity index (χ1v) is 9.04. The summed E-state index contributed by atoms with van der Waals surface area (Å²) in [5, 5.41) is 13.8. The number of anilines is 1. The van der Waals surface area contributed by atoms with Crippen LogP contribution in [0.4, 0.5) is 11.4 Å². The minimum atomic E-state index is -0.519. The molecule has 3 aromatic carbocycles. The number of hydrogen-bond donors (Lipinski definition) is 1. The van der Waals surface area contributed by atoms with Crippen LogP contribution >= 0.6 is 0 Å². The number of carbonyl (C=O) groups is 2. The molecular weight excluding hydrogens is 368 g/mol. The van der Waals surface area contributed by atoms with Crippen LogP contribution in [0.3, 0.4) is 0 Å². The van der Waals surface area contributed by atoms with Crippen LogP contribution in [0.5, 0.6) is 0 Å². The van der Waals surface area contributed by atoms with Gasteiger partial charge in [-0.15, -0.1) is 0 Å². The lowest BCUT2D eigenvalue weighted by Gasteiger charge is -2.09. The number of rotatable bonds is 5. The Hall–Kier alpha value is -3.80. The normalized spacial score (nSPS) is 10.4. The van der Waals surface area contributed by atoms with Gasteiger partial charge in [-0.2, -0.15) is 0 Å². The fraction of sp³-hybridized carbons (Fsp3) is 0.130. The molecule has 0 heterocycles. The molecule has 3 rings (SSSR count). The topological polar surface area (TPSA) is 89.3 Å². The summed E-state index contributed by atoms with van der Waals surface area (Å²) in [4.78, 5) is 35.9. The molecule has 6 heteroatoms. The van der Waals surface area contributed by atoms with E-state index in [2.05, 4.69) is 5.32 Å². The van der Waals surface area contributed by atoms with Gasteiger partial charge in [-0.3, -0.25) is 19.7 Å². The predicted molar refractivity (Wildman–Crippen MR) is 112 cm³/mol. The lowest BCUT2D eigenvalue weighted by molar-refractivity contribution is -0.385. The third-order valence-corrected chi connectivity index (χ3v) is 4.82. The van der Waals surface area contributed by atoms with Crippen LogP contribution in [-0.2, 0) is 0 Å². The molecule has 0 aliphatic carbocycles. The molecule has 0 saturated carbocycles. The quantitative estimate of drug-likeness (QED) is 0.378. The third kappa shape index (κ3) is 4.38. The maximum atomic E-state index is 12.8. The molecule has 29 heavy (non-hydrogen) atoms. The highest BCUT2D eigenvalue weighted by atomic mass is 16.6. The SMILES string of the molecule is Cc1ccc(C(=O)c2cccc(NC(=O)c3ccc(C)c([N+](=O)[O-])c3)c2)cc1C. The minimum absolute atomic E-state index is 0.115. The van der Waals surface area contributed by atoms with E-state index in [1.165, 1.54) is 18.2 Å². The molecule has 0 radical (unpaired) electrons. The molecule has 146 valence electrons. The van der Waals surface area contributed by atoms with E-state index in [1.807, 2.05) is 26.0 Å². The molecular formula is C23H20N2O4. The van der Waals surface area contributed by atoms with Crippen molar-refractivity contribution < 1.29 is 14.5 Å². The van der Waals surface area contributed by atoms with Crippen LogP contribution < -0.4 is 5.32 Å². The van der Waals surface area contributed by atoms with Gasteiger partial charge in [0, 0.05) is 34.0 Å². The molecule has 1 N–H and O–H groups in total. The van der Waals surface area contributed by atoms with Crippen molar-refractivity contribution in [2.75, 3.05) is 5.32 Å². The number of ketones is 1. The van der Waals surface area contributed by atoms with Crippen molar-refractivity contribution >= 4 is 23.1 Å². The number of amides is 1. The number of aryl methyl sites for hydroxylation is 3. The molecule has 0 fully saturated rings. The summed E-state index contributed by atoms with van der Waals surface area (Å²) in [7, 11) is 0. The number of nitro benzene ring substituents is 1. The first kappa shape index (κ1) is 19.9. The predicted octanol–water partition coefficient (Wildman–Crippen LogP) is 5.00. The van der Waals surface area contributed by atoms with Crippen molar-refractivity contribution in [3.8, 4) is 0 Å². The van der Waals surface area contributed by atoms with E-state index < -0.39 is 10.8 Å². The highest BCUT2D eigenvalue weighted by Gasteiger charge is 2.16. The van der Waals surface area contributed by atoms with Gasteiger partial charge in [0.1, 0.15) is 0 Å². The summed E-state index contributed by atoms with van der Waals surface area (Å²) in [5.74, 6) is -0.626. The molecule has 0 spiro atoms. The molecule has 1 amide bonds. The third-order valence-electron chi connectivity index (χ3n) is 4.82. The Morgan fingerprint density at radius 1 is 0.793 bits per heavy atom. The summed E-state index contributed by atoms with van der Waals surface area (Å²) in [6.45, 7) is 5.54. The fourth-order valence-corrected chi connectivity index (χ4v) is 2.94. The van der Waals surface area contributed by atoms with Gasteiger partial charge in [0.2, 0.25) is 0 Å². The molecule has 0 unspecified atom stereocenters. The first-order valence-electron chi connectivity index (χ1n) is 9.04. The van der Waals surface area contributed by atoms with E-state index in [-0.39, 0.29) is 17.0 Å². The molecule has 0 saturated heterocycles. The highest BCUT2D eigenvalue weighted by molar-refractivity contribution is 6.10. The average molecular weight is 388 g/mol. The van der Waals surface area contributed by atoms with Crippen LogP contribution in [0.2, 0.25) is 0 Å². The van der Waals surface area contributed by atoms with Gasteiger partial charge in [-0.05, 0) is 56.2 Å². The number of nitro groups is 1. The molecule has 0 bridgehead atoms. The van der Waals surface area contributed by atoms with Gasteiger partial charge in [-0.1, -0.05) is 30.3 Å². The molecule has 0 aliphatic rings. The Balaban J connectivity index is 1.83. The van der Waals surface area contributed by atoms with Crippen LogP contribution in [0.15, 0.2) is 60.7 Å². The molecule has 0 aliphatic heterocycles. The van der Waals surface area contributed by atoms with E-state index in [0.29, 0.717) is 22.4 Å². The van der Waals surface area contributed by atoms with Crippen molar-refractivity contribution in [3.05, 3.63) is 104 Å². The van der Waals surface area contributed by atoms with Gasteiger partial charge in [0.25, 0.3) is 11.6 Å². The standard InChI is InChI=1S/C23H20N2O4/c1-14-7-9-18(11-16(14)3)22(26)17-5-4-6-20(12-17)24-23(27)19-10-8-15(2)21(13-19)25(28)29/h4-13H,1-3H3,(H,24,27). The first-order chi connectivity index (χ1) is 13.8. The number of carbonyl (C=O) groups excluding carboxylic acids is 2. The van der Waals surface area contributed by atoms with Crippen molar-refractivity contribution in [2.24, 2.45) is 0 Å². The maximum absolute atomic E-state index is 12.8. The highest BCUT2D eigenvalue weighted by Crippen LogP contribution is 2.21. The minimum Gasteiger partial charge on any atom is -0.322 e. The van der Waals surface area contributed by atoms with Gasteiger partial charge in [-0.25, -0.2) is 0 Å². The summed E-state index contributed by atoms with van der Waals surface area (Å²) >= 11 is 0. The number of benzene rings is 3. The summed E-state index contributed by atoms with van der Waals surface area (Å²) < 4.78 is 0. The number of hydrogen-bond acceptors (Lipinski definition) is 4. The zero-order valence-corrected chi connectivity index (χ0v) is 16.4. The monoisotopic (exact) mass is 388 g/mol. The summed E-state index contributed by atoms with van der Waals surface area (Å²) in [6, 6.07) is 16.5. The number of nitrogens with zero attached hydrogens (tertiary/aromatic N) is 1. The summed E-state index contributed by atoms with van der Waals surface area (Å²) in [5.41, 5.74) is 4.13. The van der Waals surface area contributed by atoms with Gasteiger partial charge in [0.15, 0.2) is 5.78 Å². The summed E-state index contributed by atoms with van der Waals surface area (Å²) in [6.07, 6.45) is 0. The number of nitrogens with one attached hydrogen (secondary N) is 1. The van der Waals surface area contributed by atoms with E-state index in [1.54, 1.807) is 37.3 Å². The smallest absolute Gasteiger partial charge is 0.273 e. The molecule has 0 atom stereocenters. The molecule has 6 nitrogen and oxygen atoms in total. The Bertz CT molecular complexity index is 1140. The van der Waals surface area contributed by atoms with Crippen LogP contribution in [0, 0.1) is 30.9 Å². The van der Waals surface area contributed by atoms with Crippen LogP contribution in [-0.4, -0.2) is 16.6 Å². The van der Waals surface area contributed by atoms with Crippen molar-refractivity contribution in [3.63, 3.8) is 0 Å². The van der Waals surface area contributed by atoms with E-state index in [4.69, 9.17) is 0 Å². The van der Waals surface area contributed by atoms with E-state index in [9.17, 15) is 19.7 Å². The van der Waals surface area contributed by atoms with Crippen molar-refractivity contribution in [2.45, 2.75) is 20.8 Å². The van der Waals surface area contributed by atoms with Crippen LogP contribution in [0.1, 0.15) is 43.0 Å². The second kappa shape index (κ2) is 8.06. The lowest BCUT2D eigenvalue weighted by atomic mass is 9.99. The van der Waals surface area contributed by atoms with Gasteiger partial charge in [0.05, 0.1) is 4.92 Å². The second-order valence-electron chi connectivity index (χ2n) is 6.92. The lowest BCUT2D eigenvalue weighted by Crippen LogP contribution is -2.13.